The van der Waals surface area contributed by atoms with Crippen LogP contribution in [0.5, 0.6) is 0 Å². The lowest BCUT2D eigenvalue weighted by atomic mass is 9.95. The second-order valence-corrected chi connectivity index (χ2v) is 5.86. The largest absolute Gasteiger partial charge is 0.353 e. The lowest BCUT2D eigenvalue weighted by Crippen LogP contribution is -2.41. The molecule has 0 saturated carbocycles. The zero-order chi connectivity index (χ0) is 13.4. The molecule has 2 aromatic rings. The minimum absolute atomic E-state index is 0.333. The summed E-state index contributed by atoms with van der Waals surface area (Å²) in [7, 11) is 0. The maximum atomic E-state index is 6.08. The van der Waals surface area contributed by atoms with Gasteiger partial charge in [-0.1, -0.05) is 19.1 Å². The zero-order valence-electron chi connectivity index (χ0n) is 11.3. The summed E-state index contributed by atoms with van der Waals surface area (Å²) >= 11 is 6.08. The highest BCUT2D eigenvalue weighted by molar-refractivity contribution is 6.28. The van der Waals surface area contributed by atoms with E-state index in [2.05, 4.69) is 34.8 Å². The first-order valence-electron chi connectivity index (χ1n) is 6.84. The van der Waals surface area contributed by atoms with Crippen molar-refractivity contribution < 1.29 is 0 Å². The van der Waals surface area contributed by atoms with Gasteiger partial charge in [-0.25, -0.2) is 4.98 Å². The number of benzene rings is 1. The molecule has 0 bridgehead atoms. The van der Waals surface area contributed by atoms with Crippen LogP contribution in [-0.4, -0.2) is 22.6 Å². The highest BCUT2D eigenvalue weighted by atomic mass is 35.5. The molecule has 19 heavy (non-hydrogen) atoms. The van der Waals surface area contributed by atoms with Crippen LogP contribution in [0.3, 0.4) is 0 Å². The molecule has 0 amide bonds. The van der Waals surface area contributed by atoms with Crippen LogP contribution in [0, 0.1) is 5.92 Å². The lowest BCUT2D eigenvalue weighted by Gasteiger charge is -2.38. The van der Waals surface area contributed by atoms with Gasteiger partial charge in [-0.15, -0.1) is 0 Å². The minimum Gasteiger partial charge on any atom is -0.353 e. The summed E-state index contributed by atoms with van der Waals surface area (Å²) in [5.74, 6) is 1.68. The molecule has 0 aliphatic carbocycles. The Kier molecular flexibility index (Phi) is 3.31. The molecule has 2 unspecified atom stereocenters. The zero-order valence-corrected chi connectivity index (χ0v) is 12.1. The normalized spacial score (nSPS) is 23.8. The van der Waals surface area contributed by atoms with Gasteiger partial charge in [-0.2, -0.15) is 4.98 Å². The molecule has 0 radical (unpaired) electrons. The number of nitrogens with zero attached hydrogens (tertiary/aromatic N) is 3. The summed E-state index contributed by atoms with van der Waals surface area (Å²) in [5, 5.41) is 1.42. The molecule has 2 atom stereocenters. The van der Waals surface area contributed by atoms with Gasteiger partial charge >= 0.3 is 0 Å². The predicted octanol–water partition coefficient (Wildman–Crippen LogP) is 3.91. The predicted molar refractivity (Wildman–Crippen MR) is 79.8 cm³/mol. The fraction of sp³-hybridized carbons (Fsp3) is 0.467. The van der Waals surface area contributed by atoms with E-state index in [1.54, 1.807) is 0 Å². The number of para-hydroxylation sites is 1. The number of fused-ring (bicyclic) bond motifs is 1. The molecule has 1 aliphatic heterocycles. The Morgan fingerprint density at radius 2 is 1.95 bits per heavy atom. The van der Waals surface area contributed by atoms with Gasteiger partial charge in [-0.3, -0.25) is 0 Å². The summed E-state index contributed by atoms with van der Waals surface area (Å²) in [6, 6.07) is 8.58. The number of rotatable bonds is 1. The van der Waals surface area contributed by atoms with Crippen molar-refractivity contribution in [1.82, 2.24) is 9.97 Å². The Bertz CT molecular complexity index is 599. The molecular formula is C15H18ClN3. The second kappa shape index (κ2) is 4.97. The molecule has 1 fully saturated rings. The van der Waals surface area contributed by atoms with Crippen LogP contribution in [0.2, 0.25) is 5.28 Å². The molecule has 1 aromatic heterocycles. The van der Waals surface area contributed by atoms with E-state index in [-0.39, 0.29) is 0 Å². The first-order valence-corrected chi connectivity index (χ1v) is 7.22. The summed E-state index contributed by atoms with van der Waals surface area (Å²) in [5.41, 5.74) is 0.919. The van der Waals surface area contributed by atoms with Crippen LogP contribution in [0.1, 0.15) is 26.7 Å². The van der Waals surface area contributed by atoms with Crippen LogP contribution in [0.25, 0.3) is 10.9 Å². The van der Waals surface area contributed by atoms with Crippen molar-refractivity contribution in [3.05, 3.63) is 29.5 Å². The van der Waals surface area contributed by atoms with Gasteiger partial charge in [0.15, 0.2) is 0 Å². The van der Waals surface area contributed by atoms with Gasteiger partial charge < -0.3 is 4.90 Å². The average Bonchev–Trinajstić information content (AvgIpc) is 2.40. The minimum atomic E-state index is 0.333. The Labute approximate surface area is 118 Å². The van der Waals surface area contributed by atoms with Crippen molar-refractivity contribution in [3.8, 4) is 0 Å². The number of hydrogen-bond donors (Lipinski definition) is 0. The monoisotopic (exact) mass is 275 g/mol. The van der Waals surface area contributed by atoms with Crippen molar-refractivity contribution in [2.75, 3.05) is 11.4 Å². The van der Waals surface area contributed by atoms with Crippen molar-refractivity contribution >= 4 is 28.3 Å². The fourth-order valence-electron chi connectivity index (χ4n) is 2.83. The number of hydrogen-bond acceptors (Lipinski definition) is 3. The summed E-state index contributed by atoms with van der Waals surface area (Å²) in [6.07, 6.45) is 2.49. The maximum Gasteiger partial charge on any atom is 0.224 e. The summed E-state index contributed by atoms with van der Waals surface area (Å²) < 4.78 is 0. The Hall–Kier alpha value is -1.35. The number of halogens is 1. The molecule has 1 saturated heterocycles. The summed E-state index contributed by atoms with van der Waals surface area (Å²) in [4.78, 5) is 11.2. The molecule has 100 valence electrons. The van der Waals surface area contributed by atoms with Crippen molar-refractivity contribution in [3.63, 3.8) is 0 Å². The van der Waals surface area contributed by atoms with Gasteiger partial charge in [0.2, 0.25) is 5.28 Å². The molecule has 3 rings (SSSR count). The molecule has 1 aromatic carbocycles. The van der Waals surface area contributed by atoms with Crippen molar-refractivity contribution in [2.45, 2.75) is 32.7 Å². The van der Waals surface area contributed by atoms with E-state index in [4.69, 9.17) is 11.6 Å². The van der Waals surface area contributed by atoms with E-state index in [0.29, 0.717) is 17.2 Å². The maximum absolute atomic E-state index is 6.08. The topological polar surface area (TPSA) is 29.0 Å². The molecule has 4 heteroatoms. The number of anilines is 1. The lowest BCUT2D eigenvalue weighted by molar-refractivity contribution is 0.389. The third kappa shape index (κ3) is 2.39. The summed E-state index contributed by atoms with van der Waals surface area (Å²) in [6.45, 7) is 5.60. The van der Waals surface area contributed by atoms with Gasteiger partial charge in [-0.05, 0) is 49.4 Å². The SMILES string of the molecule is CC1CCC(C)N(c2nc(Cl)nc3ccccc23)C1. The van der Waals surface area contributed by atoms with Crippen molar-refractivity contribution in [1.29, 1.82) is 0 Å². The van der Waals surface area contributed by atoms with Crippen LogP contribution < -0.4 is 4.90 Å². The van der Waals surface area contributed by atoms with Crippen LogP contribution in [0.4, 0.5) is 5.82 Å². The first kappa shape index (κ1) is 12.7. The van der Waals surface area contributed by atoms with E-state index < -0.39 is 0 Å². The van der Waals surface area contributed by atoms with Crippen LogP contribution in [0.15, 0.2) is 24.3 Å². The number of aromatic nitrogens is 2. The molecule has 0 N–H and O–H groups in total. The highest BCUT2D eigenvalue weighted by Gasteiger charge is 2.25. The van der Waals surface area contributed by atoms with Gasteiger partial charge in [0.25, 0.3) is 0 Å². The Morgan fingerprint density at radius 3 is 2.79 bits per heavy atom. The molecule has 3 nitrogen and oxygen atoms in total. The van der Waals surface area contributed by atoms with E-state index in [1.807, 2.05) is 18.2 Å². The molecule has 0 spiro atoms. The van der Waals surface area contributed by atoms with Gasteiger partial charge in [0, 0.05) is 18.0 Å². The average molecular weight is 276 g/mol. The van der Waals surface area contributed by atoms with E-state index >= 15 is 0 Å². The third-order valence-corrected chi connectivity index (χ3v) is 4.11. The van der Waals surface area contributed by atoms with E-state index in [0.717, 1.165) is 23.3 Å². The smallest absolute Gasteiger partial charge is 0.224 e. The van der Waals surface area contributed by atoms with Crippen molar-refractivity contribution in [2.24, 2.45) is 5.92 Å². The fourth-order valence-corrected chi connectivity index (χ4v) is 3.01. The van der Waals surface area contributed by atoms with Gasteiger partial charge in [0.1, 0.15) is 5.82 Å². The number of piperidine rings is 1. The first-order chi connectivity index (χ1) is 9.15. The standard InChI is InChI=1S/C15H18ClN3/c1-10-7-8-11(2)19(9-10)14-12-5-3-4-6-13(12)17-15(16)18-14/h3-6,10-11H,7-9H2,1-2H3. The van der Waals surface area contributed by atoms with Crippen LogP contribution in [-0.2, 0) is 0 Å². The highest BCUT2D eigenvalue weighted by Crippen LogP contribution is 2.31. The molecule has 1 aliphatic rings. The van der Waals surface area contributed by atoms with E-state index in [1.165, 1.54) is 12.8 Å². The second-order valence-electron chi connectivity index (χ2n) is 5.52. The molecular weight excluding hydrogens is 258 g/mol. The van der Waals surface area contributed by atoms with E-state index in [9.17, 15) is 0 Å². The Balaban J connectivity index is 2.13. The molecule has 2 heterocycles. The quantitative estimate of drug-likeness (QED) is 0.739. The van der Waals surface area contributed by atoms with Gasteiger partial charge in [0.05, 0.1) is 5.52 Å². The third-order valence-electron chi connectivity index (χ3n) is 3.95. The van der Waals surface area contributed by atoms with Crippen LogP contribution >= 0.6 is 11.6 Å². The Morgan fingerprint density at radius 1 is 1.16 bits per heavy atom.